The Bertz CT molecular complexity index is 657. The SMILES string of the molecule is CC(Oc1ccc(F)cc1Br)c1nc(C2(N)CCC2)no1. The molecule has 1 atom stereocenters. The largest absolute Gasteiger partial charge is 0.480 e. The third kappa shape index (κ3) is 2.80. The Labute approximate surface area is 129 Å². The lowest BCUT2D eigenvalue weighted by molar-refractivity contribution is 0.173. The Balaban J connectivity index is 1.74. The van der Waals surface area contributed by atoms with E-state index in [-0.39, 0.29) is 5.82 Å². The van der Waals surface area contributed by atoms with Gasteiger partial charge >= 0.3 is 0 Å². The van der Waals surface area contributed by atoms with Gasteiger partial charge in [0.1, 0.15) is 11.6 Å². The highest BCUT2D eigenvalue weighted by Crippen LogP contribution is 2.37. The molecular weight excluding hydrogens is 341 g/mol. The van der Waals surface area contributed by atoms with Crippen molar-refractivity contribution in [3.63, 3.8) is 0 Å². The molecule has 0 spiro atoms. The first-order chi connectivity index (χ1) is 9.98. The molecule has 7 heteroatoms. The van der Waals surface area contributed by atoms with Gasteiger partial charge in [0, 0.05) is 0 Å². The van der Waals surface area contributed by atoms with Crippen LogP contribution in [0.5, 0.6) is 5.75 Å². The van der Waals surface area contributed by atoms with E-state index >= 15 is 0 Å². The summed E-state index contributed by atoms with van der Waals surface area (Å²) in [6.45, 7) is 1.79. The molecule has 0 amide bonds. The van der Waals surface area contributed by atoms with Gasteiger partial charge in [-0.15, -0.1) is 0 Å². The van der Waals surface area contributed by atoms with Crippen LogP contribution in [0.25, 0.3) is 0 Å². The summed E-state index contributed by atoms with van der Waals surface area (Å²) in [6, 6.07) is 4.21. The van der Waals surface area contributed by atoms with Crippen molar-refractivity contribution >= 4 is 15.9 Å². The second kappa shape index (κ2) is 5.38. The second-order valence-corrected chi connectivity index (χ2v) is 6.16. The van der Waals surface area contributed by atoms with Gasteiger partial charge in [0.05, 0.1) is 10.0 Å². The molecule has 1 heterocycles. The molecule has 0 aliphatic heterocycles. The van der Waals surface area contributed by atoms with Crippen LogP contribution in [0.3, 0.4) is 0 Å². The van der Waals surface area contributed by atoms with Gasteiger partial charge < -0.3 is 15.0 Å². The van der Waals surface area contributed by atoms with Crippen LogP contribution in [0, 0.1) is 5.82 Å². The molecule has 3 rings (SSSR count). The first-order valence-corrected chi connectivity index (χ1v) is 7.52. The summed E-state index contributed by atoms with van der Waals surface area (Å²) in [6.07, 6.45) is 2.36. The maximum absolute atomic E-state index is 13.0. The summed E-state index contributed by atoms with van der Waals surface area (Å²) in [5.74, 6) is 1.06. The van der Waals surface area contributed by atoms with Crippen molar-refractivity contribution in [3.05, 3.63) is 40.2 Å². The standard InChI is InChI=1S/C14H15BrFN3O2/c1-8(20-11-4-3-9(16)7-10(11)15)12-18-13(19-21-12)14(17)5-2-6-14/h3-4,7-8H,2,5-6,17H2,1H3. The van der Waals surface area contributed by atoms with Crippen LogP contribution in [-0.2, 0) is 5.54 Å². The van der Waals surface area contributed by atoms with E-state index in [1.54, 1.807) is 13.0 Å². The second-order valence-electron chi connectivity index (χ2n) is 5.30. The number of aromatic nitrogens is 2. The van der Waals surface area contributed by atoms with Crippen molar-refractivity contribution in [2.75, 3.05) is 0 Å². The predicted molar refractivity (Wildman–Crippen MR) is 77.2 cm³/mol. The molecule has 112 valence electrons. The fourth-order valence-corrected chi connectivity index (χ4v) is 2.64. The van der Waals surface area contributed by atoms with E-state index in [0.717, 1.165) is 19.3 Å². The van der Waals surface area contributed by atoms with Crippen LogP contribution in [0.15, 0.2) is 27.2 Å². The highest BCUT2D eigenvalue weighted by atomic mass is 79.9. The van der Waals surface area contributed by atoms with E-state index in [0.29, 0.717) is 21.9 Å². The number of nitrogens with two attached hydrogens (primary N) is 1. The number of ether oxygens (including phenoxy) is 1. The number of hydrogen-bond donors (Lipinski definition) is 1. The van der Waals surface area contributed by atoms with E-state index in [1.165, 1.54) is 12.1 Å². The van der Waals surface area contributed by atoms with E-state index in [1.807, 2.05) is 0 Å². The molecule has 0 radical (unpaired) electrons. The van der Waals surface area contributed by atoms with Crippen LogP contribution in [0.4, 0.5) is 4.39 Å². The quantitative estimate of drug-likeness (QED) is 0.908. The normalized spacial score (nSPS) is 18.1. The fraction of sp³-hybridized carbons (Fsp3) is 0.429. The minimum absolute atomic E-state index is 0.336. The Kier molecular flexibility index (Phi) is 3.71. The van der Waals surface area contributed by atoms with Crippen LogP contribution in [0.1, 0.15) is 44.0 Å². The Morgan fingerprint density at radius 2 is 2.24 bits per heavy atom. The average molecular weight is 356 g/mol. The molecule has 2 N–H and O–H groups in total. The molecule has 1 aliphatic rings. The lowest BCUT2D eigenvalue weighted by atomic mass is 9.77. The Morgan fingerprint density at radius 3 is 2.86 bits per heavy atom. The summed E-state index contributed by atoms with van der Waals surface area (Å²) >= 11 is 3.25. The van der Waals surface area contributed by atoms with E-state index in [4.69, 9.17) is 15.0 Å². The summed E-state index contributed by atoms with van der Waals surface area (Å²) in [5.41, 5.74) is 5.70. The highest BCUT2D eigenvalue weighted by Gasteiger charge is 2.39. The number of benzene rings is 1. The zero-order chi connectivity index (χ0) is 15.0. The number of halogens is 2. The van der Waals surface area contributed by atoms with E-state index in [9.17, 15) is 4.39 Å². The van der Waals surface area contributed by atoms with E-state index in [2.05, 4.69) is 26.1 Å². The van der Waals surface area contributed by atoms with Crippen LogP contribution >= 0.6 is 15.9 Å². The number of hydrogen-bond acceptors (Lipinski definition) is 5. The Morgan fingerprint density at radius 1 is 1.48 bits per heavy atom. The zero-order valence-electron chi connectivity index (χ0n) is 11.5. The zero-order valence-corrected chi connectivity index (χ0v) is 13.1. The van der Waals surface area contributed by atoms with Gasteiger partial charge in [-0.2, -0.15) is 4.98 Å². The number of nitrogens with zero attached hydrogens (tertiary/aromatic N) is 2. The molecule has 0 saturated heterocycles. The van der Waals surface area contributed by atoms with E-state index < -0.39 is 11.6 Å². The molecule has 1 fully saturated rings. The molecule has 0 bridgehead atoms. The third-order valence-electron chi connectivity index (χ3n) is 3.68. The minimum Gasteiger partial charge on any atom is -0.480 e. The van der Waals surface area contributed by atoms with Crippen molar-refractivity contribution in [1.29, 1.82) is 0 Å². The predicted octanol–water partition coefficient (Wildman–Crippen LogP) is 3.45. The molecule has 1 aromatic heterocycles. The van der Waals surface area contributed by atoms with Gasteiger partial charge in [-0.1, -0.05) is 5.16 Å². The molecule has 2 aromatic rings. The van der Waals surface area contributed by atoms with Gasteiger partial charge in [0.15, 0.2) is 11.9 Å². The third-order valence-corrected chi connectivity index (χ3v) is 4.30. The van der Waals surface area contributed by atoms with Gasteiger partial charge in [-0.25, -0.2) is 4.39 Å². The smallest absolute Gasteiger partial charge is 0.267 e. The summed E-state index contributed by atoms with van der Waals surface area (Å²) in [7, 11) is 0. The summed E-state index contributed by atoms with van der Waals surface area (Å²) < 4.78 is 24.5. The average Bonchev–Trinajstić information content (AvgIpc) is 2.89. The maximum atomic E-state index is 13.0. The molecule has 5 nitrogen and oxygen atoms in total. The molecule has 1 aliphatic carbocycles. The molecule has 21 heavy (non-hydrogen) atoms. The molecule has 1 aromatic carbocycles. The van der Waals surface area contributed by atoms with Gasteiger partial charge in [0.2, 0.25) is 0 Å². The molecular formula is C14H15BrFN3O2. The summed E-state index contributed by atoms with van der Waals surface area (Å²) in [5, 5.41) is 3.95. The van der Waals surface area contributed by atoms with Gasteiger partial charge in [-0.3, -0.25) is 0 Å². The Hall–Kier alpha value is -1.47. The van der Waals surface area contributed by atoms with Crippen molar-refractivity contribution in [1.82, 2.24) is 10.1 Å². The summed E-state index contributed by atoms with van der Waals surface area (Å²) in [4.78, 5) is 4.33. The monoisotopic (exact) mass is 355 g/mol. The molecule has 1 saturated carbocycles. The maximum Gasteiger partial charge on any atom is 0.267 e. The van der Waals surface area contributed by atoms with Crippen LogP contribution in [-0.4, -0.2) is 10.1 Å². The first kappa shape index (κ1) is 14.5. The molecule has 1 unspecified atom stereocenters. The van der Waals surface area contributed by atoms with Crippen LogP contribution in [0.2, 0.25) is 0 Å². The van der Waals surface area contributed by atoms with Crippen molar-refractivity contribution in [2.45, 2.75) is 37.8 Å². The van der Waals surface area contributed by atoms with Crippen LogP contribution < -0.4 is 10.5 Å². The van der Waals surface area contributed by atoms with Crippen molar-refractivity contribution in [2.24, 2.45) is 5.73 Å². The first-order valence-electron chi connectivity index (χ1n) is 6.73. The lowest BCUT2D eigenvalue weighted by Gasteiger charge is -2.34. The van der Waals surface area contributed by atoms with Gasteiger partial charge in [-0.05, 0) is 60.3 Å². The van der Waals surface area contributed by atoms with Crippen molar-refractivity contribution < 1.29 is 13.7 Å². The lowest BCUT2D eigenvalue weighted by Crippen LogP contribution is -2.44. The minimum atomic E-state index is -0.460. The fourth-order valence-electron chi connectivity index (χ4n) is 2.20. The highest BCUT2D eigenvalue weighted by molar-refractivity contribution is 9.10. The van der Waals surface area contributed by atoms with Crippen molar-refractivity contribution in [3.8, 4) is 5.75 Å². The topological polar surface area (TPSA) is 74.2 Å². The van der Waals surface area contributed by atoms with Gasteiger partial charge in [0.25, 0.3) is 5.89 Å². The number of rotatable bonds is 4.